The first-order chi connectivity index (χ1) is 8.60. The second kappa shape index (κ2) is 5.28. The van der Waals surface area contributed by atoms with E-state index in [2.05, 4.69) is 10.2 Å². The topological polar surface area (TPSA) is 95.8 Å². The number of nitrogens with zero attached hydrogens (tertiary/aromatic N) is 3. The van der Waals surface area contributed by atoms with Gasteiger partial charge in [0.15, 0.2) is 11.5 Å². The van der Waals surface area contributed by atoms with Crippen molar-refractivity contribution in [2.24, 2.45) is 0 Å². The minimum absolute atomic E-state index is 0.0168. The molecule has 1 aliphatic rings. The highest BCUT2D eigenvalue weighted by Gasteiger charge is 2.25. The predicted molar refractivity (Wildman–Crippen MR) is 62.6 cm³/mol. The predicted octanol–water partition coefficient (Wildman–Crippen LogP) is -0.239. The van der Waals surface area contributed by atoms with Crippen LogP contribution in [0.2, 0.25) is 0 Å². The van der Waals surface area contributed by atoms with Crippen LogP contribution in [-0.2, 0) is 4.74 Å². The smallest absolute Gasteiger partial charge is 0.356 e. The molecule has 1 aromatic heterocycles. The zero-order chi connectivity index (χ0) is 13.1. The van der Waals surface area contributed by atoms with Gasteiger partial charge in [0.05, 0.1) is 18.8 Å². The molecule has 2 heterocycles. The third kappa shape index (κ3) is 2.74. The first kappa shape index (κ1) is 12.7. The number of hydrogen-bond acceptors (Lipinski definition) is 6. The van der Waals surface area contributed by atoms with Gasteiger partial charge >= 0.3 is 5.97 Å². The highest BCUT2D eigenvalue weighted by Crippen LogP contribution is 2.17. The van der Waals surface area contributed by atoms with Crippen LogP contribution >= 0.6 is 0 Å². The van der Waals surface area contributed by atoms with Crippen molar-refractivity contribution < 1.29 is 19.7 Å². The number of aromatic carboxylic acids is 1. The summed E-state index contributed by atoms with van der Waals surface area (Å²) in [6.45, 7) is 3.01. The van der Waals surface area contributed by atoms with Crippen LogP contribution in [0.3, 0.4) is 0 Å². The maximum absolute atomic E-state index is 10.7. The highest BCUT2D eigenvalue weighted by atomic mass is 16.5. The SMILES string of the molecule is CC1CN(c2ccc(C(=O)O)nn2)CC(CO)O1. The van der Waals surface area contributed by atoms with Crippen LogP contribution in [0.25, 0.3) is 0 Å². The normalized spacial score (nSPS) is 24.0. The second-order valence-corrected chi connectivity index (χ2v) is 4.24. The van der Waals surface area contributed by atoms with Gasteiger partial charge in [-0.2, -0.15) is 0 Å². The summed E-state index contributed by atoms with van der Waals surface area (Å²) in [5.41, 5.74) is -0.0845. The van der Waals surface area contributed by atoms with Crippen LogP contribution in [0.15, 0.2) is 12.1 Å². The molecule has 0 amide bonds. The van der Waals surface area contributed by atoms with E-state index in [9.17, 15) is 4.79 Å². The molecule has 1 aliphatic heterocycles. The maximum atomic E-state index is 10.7. The Bertz CT molecular complexity index is 423. The van der Waals surface area contributed by atoms with Gasteiger partial charge in [-0.25, -0.2) is 4.79 Å². The third-order valence-electron chi connectivity index (χ3n) is 2.72. The van der Waals surface area contributed by atoms with E-state index in [4.69, 9.17) is 14.9 Å². The van der Waals surface area contributed by atoms with Gasteiger partial charge in [-0.3, -0.25) is 0 Å². The zero-order valence-corrected chi connectivity index (χ0v) is 9.98. The lowest BCUT2D eigenvalue weighted by atomic mass is 10.2. The molecule has 98 valence electrons. The molecule has 0 spiro atoms. The molecule has 2 rings (SSSR count). The Kier molecular flexibility index (Phi) is 3.73. The molecule has 0 radical (unpaired) electrons. The van der Waals surface area contributed by atoms with Crippen molar-refractivity contribution in [2.75, 3.05) is 24.6 Å². The van der Waals surface area contributed by atoms with Crippen molar-refractivity contribution in [1.82, 2.24) is 10.2 Å². The molecule has 0 aliphatic carbocycles. The molecule has 2 atom stereocenters. The molecule has 2 unspecified atom stereocenters. The Morgan fingerprint density at radius 1 is 1.50 bits per heavy atom. The lowest BCUT2D eigenvalue weighted by Gasteiger charge is -2.36. The Balaban J connectivity index is 2.12. The van der Waals surface area contributed by atoms with Gasteiger partial charge < -0.3 is 19.8 Å². The van der Waals surface area contributed by atoms with Crippen LogP contribution in [-0.4, -0.2) is 58.3 Å². The zero-order valence-electron chi connectivity index (χ0n) is 9.98. The highest BCUT2D eigenvalue weighted by molar-refractivity contribution is 5.85. The van der Waals surface area contributed by atoms with Crippen LogP contribution < -0.4 is 4.90 Å². The Labute approximate surface area is 104 Å². The molecule has 1 aromatic rings. The standard InChI is InChI=1S/C11H15N3O4/c1-7-4-14(5-8(6-15)18-7)10-3-2-9(11(16)17)12-13-10/h2-3,7-8,15H,4-6H2,1H3,(H,16,17). The minimum atomic E-state index is -1.10. The number of morpholine rings is 1. The third-order valence-corrected chi connectivity index (χ3v) is 2.72. The van der Waals surface area contributed by atoms with Crippen LogP contribution in [0, 0.1) is 0 Å². The summed E-state index contributed by atoms with van der Waals surface area (Å²) in [4.78, 5) is 12.6. The number of aliphatic hydroxyl groups excluding tert-OH is 1. The second-order valence-electron chi connectivity index (χ2n) is 4.24. The van der Waals surface area contributed by atoms with Crippen LogP contribution in [0.5, 0.6) is 0 Å². The van der Waals surface area contributed by atoms with Gasteiger partial charge in [-0.1, -0.05) is 0 Å². The molecule has 0 saturated carbocycles. The Hall–Kier alpha value is -1.73. The first-order valence-corrected chi connectivity index (χ1v) is 5.68. The van der Waals surface area contributed by atoms with Gasteiger partial charge in [0.1, 0.15) is 0 Å². The molecule has 1 saturated heterocycles. The number of ether oxygens (including phenoxy) is 1. The van der Waals surface area contributed by atoms with Gasteiger partial charge in [-0.05, 0) is 19.1 Å². The van der Waals surface area contributed by atoms with E-state index in [0.29, 0.717) is 18.9 Å². The lowest BCUT2D eigenvalue weighted by molar-refractivity contribution is -0.0423. The van der Waals surface area contributed by atoms with Gasteiger partial charge in [0.2, 0.25) is 0 Å². The van der Waals surface area contributed by atoms with Gasteiger partial charge in [-0.15, -0.1) is 10.2 Å². The van der Waals surface area contributed by atoms with E-state index in [1.54, 1.807) is 6.07 Å². The van der Waals surface area contributed by atoms with Crippen LogP contribution in [0.1, 0.15) is 17.4 Å². The van der Waals surface area contributed by atoms with E-state index < -0.39 is 5.97 Å². The van der Waals surface area contributed by atoms with Crippen molar-refractivity contribution in [3.05, 3.63) is 17.8 Å². The average molecular weight is 253 g/mol. The fraction of sp³-hybridized carbons (Fsp3) is 0.545. The maximum Gasteiger partial charge on any atom is 0.356 e. The monoisotopic (exact) mass is 253 g/mol. The number of aromatic nitrogens is 2. The van der Waals surface area contributed by atoms with E-state index in [0.717, 1.165) is 0 Å². The summed E-state index contributed by atoms with van der Waals surface area (Å²) in [5, 5.41) is 25.4. The Morgan fingerprint density at radius 3 is 2.83 bits per heavy atom. The first-order valence-electron chi connectivity index (χ1n) is 5.68. The fourth-order valence-electron chi connectivity index (χ4n) is 1.94. The van der Waals surface area contributed by atoms with E-state index in [1.165, 1.54) is 6.07 Å². The summed E-state index contributed by atoms with van der Waals surface area (Å²) in [5.74, 6) is -0.508. The summed E-state index contributed by atoms with van der Waals surface area (Å²) in [7, 11) is 0. The number of aliphatic hydroxyl groups is 1. The quantitative estimate of drug-likeness (QED) is 0.767. The van der Waals surface area contributed by atoms with Crippen molar-refractivity contribution in [3.63, 3.8) is 0 Å². The number of carboxylic acid groups (broad SMARTS) is 1. The number of rotatable bonds is 3. The van der Waals surface area contributed by atoms with E-state index >= 15 is 0 Å². The van der Waals surface area contributed by atoms with Gasteiger partial charge in [0.25, 0.3) is 0 Å². The summed E-state index contributed by atoms with van der Waals surface area (Å²) < 4.78 is 5.52. The summed E-state index contributed by atoms with van der Waals surface area (Å²) >= 11 is 0. The van der Waals surface area contributed by atoms with E-state index in [-0.39, 0.29) is 24.5 Å². The number of hydrogen-bond donors (Lipinski definition) is 2. The molecule has 7 nitrogen and oxygen atoms in total. The largest absolute Gasteiger partial charge is 0.476 e. The van der Waals surface area contributed by atoms with E-state index in [1.807, 2.05) is 11.8 Å². The average Bonchev–Trinajstić information content (AvgIpc) is 2.38. The molecule has 7 heteroatoms. The molecule has 0 bridgehead atoms. The molecule has 0 aromatic carbocycles. The number of carbonyl (C=O) groups is 1. The van der Waals surface area contributed by atoms with Gasteiger partial charge in [0, 0.05) is 13.1 Å². The fourth-order valence-corrected chi connectivity index (χ4v) is 1.94. The molecule has 1 fully saturated rings. The lowest BCUT2D eigenvalue weighted by Crippen LogP contribution is -2.48. The van der Waals surface area contributed by atoms with Crippen molar-refractivity contribution in [3.8, 4) is 0 Å². The summed E-state index contributed by atoms with van der Waals surface area (Å²) in [6, 6.07) is 3.03. The number of carboxylic acids is 1. The molecule has 18 heavy (non-hydrogen) atoms. The van der Waals surface area contributed by atoms with Crippen molar-refractivity contribution in [1.29, 1.82) is 0 Å². The summed E-state index contributed by atoms with van der Waals surface area (Å²) in [6.07, 6.45) is -0.272. The molecular weight excluding hydrogens is 238 g/mol. The van der Waals surface area contributed by atoms with Crippen LogP contribution in [0.4, 0.5) is 5.82 Å². The molecule has 2 N–H and O–H groups in total. The molecular formula is C11H15N3O4. The number of anilines is 1. The Morgan fingerprint density at radius 2 is 2.28 bits per heavy atom. The van der Waals surface area contributed by atoms with Crippen molar-refractivity contribution >= 4 is 11.8 Å². The van der Waals surface area contributed by atoms with Crippen molar-refractivity contribution in [2.45, 2.75) is 19.1 Å². The minimum Gasteiger partial charge on any atom is -0.476 e.